The molecule has 3 nitrogen and oxygen atoms in total. The molecular formula is C21H17NO2. The van der Waals surface area contributed by atoms with Crippen molar-refractivity contribution in [3.63, 3.8) is 0 Å². The molecule has 3 rings (SSSR count). The van der Waals surface area contributed by atoms with Gasteiger partial charge in [0, 0.05) is 0 Å². The normalized spacial score (nSPS) is 11.1. The predicted octanol–water partition coefficient (Wildman–Crippen LogP) is 4.93. The zero-order valence-corrected chi connectivity index (χ0v) is 13.3. The van der Waals surface area contributed by atoms with Crippen LogP contribution in [0.4, 0.5) is 0 Å². The van der Waals surface area contributed by atoms with Crippen molar-refractivity contribution in [3.05, 3.63) is 96.1 Å². The quantitative estimate of drug-likeness (QED) is 0.389. The number of hydrogen-bond acceptors (Lipinski definition) is 3. The van der Waals surface area contributed by atoms with E-state index >= 15 is 0 Å². The van der Waals surface area contributed by atoms with Crippen molar-refractivity contribution in [2.45, 2.75) is 6.92 Å². The van der Waals surface area contributed by atoms with Crippen molar-refractivity contribution in [3.8, 4) is 11.1 Å². The van der Waals surface area contributed by atoms with Crippen LogP contribution in [-0.2, 0) is 4.84 Å². The summed E-state index contributed by atoms with van der Waals surface area (Å²) in [4.78, 5) is 17.1. The van der Waals surface area contributed by atoms with Gasteiger partial charge in [-0.1, -0.05) is 78.0 Å². The maximum absolute atomic E-state index is 12.1. The highest BCUT2D eigenvalue weighted by Crippen LogP contribution is 2.19. The third-order valence-electron chi connectivity index (χ3n) is 3.68. The van der Waals surface area contributed by atoms with Crippen LogP contribution in [0, 0.1) is 0 Å². The molecule has 0 atom stereocenters. The molecule has 0 heterocycles. The molecule has 0 fully saturated rings. The second kappa shape index (κ2) is 7.38. The van der Waals surface area contributed by atoms with Crippen LogP contribution in [0.5, 0.6) is 0 Å². The summed E-state index contributed by atoms with van der Waals surface area (Å²) in [7, 11) is 0. The SMILES string of the molecule is CC(=NOC(=O)c1ccc(-c2ccccc2)cc1)c1ccccc1. The van der Waals surface area contributed by atoms with Gasteiger partial charge in [-0.3, -0.25) is 0 Å². The Bertz CT molecular complexity index is 838. The zero-order valence-electron chi connectivity index (χ0n) is 13.3. The molecular weight excluding hydrogens is 298 g/mol. The lowest BCUT2D eigenvalue weighted by Gasteiger charge is -2.04. The molecule has 0 bridgehead atoms. The monoisotopic (exact) mass is 315 g/mol. The van der Waals surface area contributed by atoms with Gasteiger partial charge in [-0.05, 0) is 35.7 Å². The van der Waals surface area contributed by atoms with Crippen molar-refractivity contribution < 1.29 is 9.63 Å². The van der Waals surface area contributed by atoms with E-state index in [9.17, 15) is 4.79 Å². The number of oxime groups is 1. The summed E-state index contributed by atoms with van der Waals surface area (Å²) in [6, 6.07) is 26.9. The molecule has 3 heteroatoms. The lowest BCUT2D eigenvalue weighted by Crippen LogP contribution is -2.03. The number of hydrogen-bond donors (Lipinski definition) is 0. The smallest absolute Gasteiger partial charge is 0.313 e. The van der Waals surface area contributed by atoms with Gasteiger partial charge in [0.25, 0.3) is 0 Å². The average Bonchev–Trinajstić information content (AvgIpc) is 2.67. The van der Waals surface area contributed by atoms with Gasteiger partial charge in [0.1, 0.15) is 0 Å². The third kappa shape index (κ3) is 3.76. The molecule has 0 unspecified atom stereocenters. The Kier molecular flexibility index (Phi) is 4.82. The summed E-state index contributed by atoms with van der Waals surface area (Å²) in [5, 5.41) is 3.92. The number of nitrogens with zero attached hydrogens (tertiary/aromatic N) is 1. The van der Waals surface area contributed by atoms with Crippen molar-refractivity contribution in [2.75, 3.05) is 0 Å². The Morgan fingerprint density at radius 3 is 1.88 bits per heavy atom. The summed E-state index contributed by atoms with van der Waals surface area (Å²) in [6.45, 7) is 1.81. The first-order chi connectivity index (χ1) is 11.7. The number of rotatable bonds is 4. The van der Waals surface area contributed by atoms with Crippen molar-refractivity contribution in [1.29, 1.82) is 0 Å². The molecule has 0 saturated carbocycles. The van der Waals surface area contributed by atoms with E-state index in [4.69, 9.17) is 4.84 Å². The first-order valence-corrected chi connectivity index (χ1v) is 7.71. The Balaban J connectivity index is 1.70. The Morgan fingerprint density at radius 2 is 1.25 bits per heavy atom. The Labute approximate surface area is 141 Å². The minimum Gasteiger partial charge on any atom is -0.313 e. The molecule has 0 saturated heterocycles. The number of carbonyl (C=O) groups excluding carboxylic acids is 1. The van der Waals surface area contributed by atoms with Crippen molar-refractivity contribution >= 4 is 11.7 Å². The van der Waals surface area contributed by atoms with Crippen LogP contribution in [0.1, 0.15) is 22.8 Å². The van der Waals surface area contributed by atoms with Crippen LogP contribution < -0.4 is 0 Å². The lowest BCUT2D eigenvalue weighted by molar-refractivity contribution is 0.0516. The second-order valence-electron chi connectivity index (χ2n) is 5.36. The molecule has 0 spiro atoms. The lowest BCUT2D eigenvalue weighted by atomic mass is 10.0. The fraction of sp³-hybridized carbons (Fsp3) is 0.0476. The summed E-state index contributed by atoms with van der Waals surface area (Å²) in [5.74, 6) is -0.468. The van der Waals surface area contributed by atoms with Gasteiger partial charge in [0.15, 0.2) is 0 Å². The first kappa shape index (κ1) is 15.7. The molecule has 3 aromatic rings. The largest absolute Gasteiger partial charge is 0.365 e. The van der Waals surface area contributed by atoms with Gasteiger partial charge in [0.05, 0.1) is 11.3 Å². The van der Waals surface area contributed by atoms with E-state index in [1.54, 1.807) is 19.1 Å². The van der Waals surface area contributed by atoms with Crippen LogP contribution in [0.15, 0.2) is 90.1 Å². The van der Waals surface area contributed by atoms with Gasteiger partial charge < -0.3 is 4.84 Å². The average molecular weight is 315 g/mol. The summed E-state index contributed by atoms with van der Waals surface area (Å²) < 4.78 is 0. The van der Waals surface area contributed by atoms with E-state index < -0.39 is 5.97 Å². The van der Waals surface area contributed by atoms with E-state index in [0.717, 1.165) is 16.7 Å². The van der Waals surface area contributed by atoms with E-state index in [-0.39, 0.29) is 0 Å². The standard InChI is InChI=1S/C21H17NO2/c1-16(17-8-4-2-5-9-17)22-24-21(23)20-14-12-19(13-15-20)18-10-6-3-7-11-18/h2-15H,1H3. The fourth-order valence-corrected chi connectivity index (χ4v) is 2.32. The highest BCUT2D eigenvalue weighted by Gasteiger charge is 2.08. The molecule has 0 radical (unpaired) electrons. The molecule has 0 N–H and O–H groups in total. The molecule has 0 aliphatic rings. The molecule has 0 aliphatic heterocycles. The number of carbonyl (C=O) groups is 1. The fourth-order valence-electron chi connectivity index (χ4n) is 2.32. The minimum absolute atomic E-state index is 0.468. The summed E-state index contributed by atoms with van der Waals surface area (Å²) in [5.41, 5.74) is 4.21. The maximum atomic E-state index is 12.1. The first-order valence-electron chi connectivity index (χ1n) is 7.71. The van der Waals surface area contributed by atoms with E-state index in [0.29, 0.717) is 11.3 Å². The van der Waals surface area contributed by atoms with Gasteiger partial charge >= 0.3 is 5.97 Å². The van der Waals surface area contributed by atoms with Gasteiger partial charge in [0.2, 0.25) is 0 Å². The zero-order chi connectivity index (χ0) is 16.8. The van der Waals surface area contributed by atoms with Crippen LogP contribution in [0.25, 0.3) is 11.1 Å². The molecule has 118 valence electrons. The molecule has 0 aliphatic carbocycles. The van der Waals surface area contributed by atoms with Crippen LogP contribution in [-0.4, -0.2) is 11.7 Å². The second-order valence-corrected chi connectivity index (χ2v) is 5.36. The third-order valence-corrected chi connectivity index (χ3v) is 3.68. The van der Waals surface area contributed by atoms with E-state index in [1.807, 2.05) is 72.8 Å². The van der Waals surface area contributed by atoms with E-state index in [2.05, 4.69) is 5.16 Å². The maximum Gasteiger partial charge on any atom is 0.365 e. The topological polar surface area (TPSA) is 38.7 Å². The summed E-state index contributed by atoms with van der Waals surface area (Å²) >= 11 is 0. The van der Waals surface area contributed by atoms with Crippen molar-refractivity contribution in [2.24, 2.45) is 5.16 Å². The predicted molar refractivity (Wildman–Crippen MR) is 95.9 cm³/mol. The van der Waals surface area contributed by atoms with Crippen molar-refractivity contribution in [1.82, 2.24) is 0 Å². The Morgan fingerprint density at radius 1 is 0.708 bits per heavy atom. The van der Waals surface area contributed by atoms with Gasteiger partial charge in [-0.25, -0.2) is 4.79 Å². The molecule has 0 aromatic heterocycles. The van der Waals surface area contributed by atoms with Crippen LogP contribution >= 0.6 is 0 Å². The van der Waals surface area contributed by atoms with Gasteiger partial charge in [-0.15, -0.1) is 0 Å². The Hall–Kier alpha value is -3.20. The molecule has 24 heavy (non-hydrogen) atoms. The van der Waals surface area contributed by atoms with Crippen LogP contribution in [0.3, 0.4) is 0 Å². The number of benzene rings is 3. The highest BCUT2D eigenvalue weighted by molar-refractivity contribution is 5.99. The van der Waals surface area contributed by atoms with Crippen LogP contribution in [0.2, 0.25) is 0 Å². The molecule has 3 aromatic carbocycles. The minimum atomic E-state index is -0.468. The van der Waals surface area contributed by atoms with Gasteiger partial charge in [-0.2, -0.15) is 0 Å². The molecule has 0 amide bonds. The summed E-state index contributed by atoms with van der Waals surface area (Å²) in [6.07, 6.45) is 0. The highest BCUT2D eigenvalue weighted by atomic mass is 16.7. The van der Waals surface area contributed by atoms with E-state index in [1.165, 1.54) is 0 Å².